The molecule has 1 atom stereocenters. The maximum absolute atomic E-state index is 5.18. The number of halogens is 1. The van der Waals surface area contributed by atoms with Gasteiger partial charge in [-0.05, 0) is 0 Å². The van der Waals surface area contributed by atoms with E-state index in [1.54, 1.807) is 0 Å². The Balaban J connectivity index is 2.28. The van der Waals surface area contributed by atoms with E-state index in [1.165, 1.54) is 0 Å². The van der Waals surface area contributed by atoms with Crippen LogP contribution in [0.15, 0.2) is 12.2 Å². The third-order valence-electron chi connectivity index (χ3n) is 0.909. The van der Waals surface area contributed by atoms with Crippen LogP contribution in [-0.2, 0) is 4.74 Å². The summed E-state index contributed by atoms with van der Waals surface area (Å²) in [5, 5.41) is 0. The predicted octanol–water partition coefficient (Wildman–Crippen LogP) is 1.38. The Kier molecular flexibility index (Phi) is 2.12. The molecule has 2 heteroatoms. The van der Waals surface area contributed by atoms with Crippen molar-refractivity contribution >= 4 is 22.6 Å². The standard InChI is InChI=1S/C5H7IO/c6-4-5-2-1-3-7-5/h1-2,5H,3-4H2. The van der Waals surface area contributed by atoms with Gasteiger partial charge in [-0.25, -0.2) is 0 Å². The van der Waals surface area contributed by atoms with Gasteiger partial charge >= 0.3 is 0 Å². The Bertz CT molecular complexity index is 80.1. The molecule has 1 heterocycles. The Morgan fingerprint density at radius 1 is 1.86 bits per heavy atom. The smallest absolute Gasteiger partial charge is 0.0850 e. The first-order chi connectivity index (χ1) is 3.43. The zero-order valence-corrected chi connectivity index (χ0v) is 6.09. The normalized spacial score (nSPS) is 29.0. The van der Waals surface area contributed by atoms with Gasteiger partial charge in [0.05, 0.1) is 12.7 Å². The fraction of sp³-hybridized carbons (Fsp3) is 0.600. The van der Waals surface area contributed by atoms with Gasteiger partial charge in [0, 0.05) is 4.43 Å². The van der Waals surface area contributed by atoms with Crippen LogP contribution in [0.4, 0.5) is 0 Å². The molecule has 0 saturated carbocycles. The Hall–Kier alpha value is 0.430. The predicted molar refractivity (Wildman–Crippen MR) is 37.8 cm³/mol. The van der Waals surface area contributed by atoms with Gasteiger partial charge in [0.25, 0.3) is 0 Å². The van der Waals surface area contributed by atoms with Crippen molar-refractivity contribution in [1.29, 1.82) is 0 Å². The van der Waals surface area contributed by atoms with E-state index in [0.717, 1.165) is 11.0 Å². The van der Waals surface area contributed by atoms with Gasteiger partial charge in [0.2, 0.25) is 0 Å². The minimum Gasteiger partial charge on any atom is -0.369 e. The van der Waals surface area contributed by atoms with Crippen molar-refractivity contribution in [3.05, 3.63) is 12.2 Å². The lowest BCUT2D eigenvalue weighted by atomic mass is 10.4. The molecule has 0 bridgehead atoms. The van der Waals surface area contributed by atoms with E-state index >= 15 is 0 Å². The highest BCUT2D eigenvalue weighted by Crippen LogP contribution is 2.05. The lowest BCUT2D eigenvalue weighted by Crippen LogP contribution is -2.04. The van der Waals surface area contributed by atoms with Crippen molar-refractivity contribution in [1.82, 2.24) is 0 Å². The molecule has 0 fully saturated rings. The van der Waals surface area contributed by atoms with Gasteiger partial charge < -0.3 is 4.74 Å². The summed E-state index contributed by atoms with van der Waals surface area (Å²) in [4.78, 5) is 0. The van der Waals surface area contributed by atoms with Crippen LogP contribution in [0.2, 0.25) is 0 Å². The molecule has 0 aromatic heterocycles. The summed E-state index contributed by atoms with van der Waals surface area (Å²) in [6.45, 7) is 0.813. The van der Waals surface area contributed by atoms with E-state index in [-0.39, 0.29) is 0 Å². The van der Waals surface area contributed by atoms with Crippen LogP contribution >= 0.6 is 22.6 Å². The summed E-state index contributed by atoms with van der Waals surface area (Å²) >= 11 is 2.31. The van der Waals surface area contributed by atoms with Gasteiger partial charge in [-0.2, -0.15) is 0 Å². The summed E-state index contributed by atoms with van der Waals surface area (Å²) in [7, 11) is 0. The Morgan fingerprint density at radius 2 is 2.71 bits per heavy atom. The van der Waals surface area contributed by atoms with Gasteiger partial charge in [-0.1, -0.05) is 34.7 Å². The first-order valence-corrected chi connectivity index (χ1v) is 3.80. The number of hydrogen-bond donors (Lipinski definition) is 0. The second kappa shape index (κ2) is 2.67. The molecule has 0 aromatic rings. The van der Waals surface area contributed by atoms with Crippen molar-refractivity contribution in [3.8, 4) is 0 Å². The fourth-order valence-electron chi connectivity index (χ4n) is 0.538. The topological polar surface area (TPSA) is 9.23 Å². The van der Waals surface area contributed by atoms with Crippen LogP contribution in [0.1, 0.15) is 0 Å². The summed E-state index contributed by atoms with van der Waals surface area (Å²) < 4.78 is 6.26. The minimum absolute atomic E-state index is 0.403. The third kappa shape index (κ3) is 1.42. The van der Waals surface area contributed by atoms with Crippen molar-refractivity contribution in [2.45, 2.75) is 6.10 Å². The zero-order valence-electron chi connectivity index (χ0n) is 3.93. The molecule has 1 nitrogen and oxygen atoms in total. The molecule has 1 unspecified atom stereocenters. The molecule has 1 rings (SSSR count). The van der Waals surface area contributed by atoms with E-state index in [4.69, 9.17) is 4.74 Å². The molecule has 0 radical (unpaired) electrons. The summed E-state index contributed by atoms with van der Waals surface area (Å²) in [6, 6.07) is 0. The second-order valence-electron chi connectivity index (χ2n) is 1.45. The van der Waals surface area contributed by atoms with Gasteiger partial charge in [-0.15, -0.1) is 0 Å². The number of hydrogen-bond acceptors (Lipinski definition) is 1. The zero-order chi connectivity index (χ0) is 5.11. The molecule has 40 valence electrons. The highest BCUT2D eigenvalue weighted by molar-refractivity contribution is 14.1. The van der Waals surface area contributed by atoms with E-state index in [2.05, 4.69) is 34.7 Å². The molecule has 1 aliphatic heterocycles. The van der Waals surface area contributed by atoms with Crippen LogP contribution in [0.25, 0.3) is 0 Å². The van der Waals surface area contributed by atoms with Crippen molar-refractivity contribution in [2.24, 2.45) is 0 Å². The second-order valence-corrected chi connectivity index (χ2v) is 2.34. The molecule has 0 spiro atoms. The number of rotatable bonds is 1. The fourth-order valence-corrected chi connectivity index (χ4v) is 1.09. The SMILES string of the molecule is ICC1C=CCO1. The van der Waals surface area contributed by atoms with Gasteiger partial charge in [-0.3, -0.25) is 0 Å². The summed E-state index contributed by atoms with van der Waals surface area (Å²) in [5.74, 6) is 0. The molecule has 0 N–H and O–H groups in total. The summed E-state index contributed by atoms with van der Waals surface area (Å²) in [5.41, 5.74) is 0. The molecule has 7 heavy (non-hydrogen) atoms. The van der Waals surface area contributed by atoms with E-state index < -0.39 is 0 Å². The van der Waals surface area contributed by atoms with Crippen LogP contribution in [0.3, 0.4) is 0 Å². The van der Waals surface area contributed by atoms with Crippen LogP contribution < -0.4 is 0 Å². The lowest BCUT2D eigenvalue weighted by Gasteiger charge is -1.99. The maximum Gasteiger partial charge on any atom is 0.0850 e. The highest BCUT2D eigenvalue weighted by atomic mass is 127. The molecule has 0 aliphatic carbocycles. The van der Waals surface area contributed by atoms with E-state index in [0.29, 0.717) is 6.10 Å². The molecule has 0 aromatic carbocycles. The van der Waals surface area contributed by atoms with E-state index in [1.807, 2.05) is 0 Å². The Morgan fingerprint density at radius 3 is 3.00 bits per heavy atom. The largest absolute Gasteiger partial charge is 0.369 e. The first kappa shape index (κ1) is 5.56. The summed E-state index contributed by atoms with van der Waals surface area (Å²) in [6.07, 6.45) is 4.57. The van der Waals surface area contributed by atoms with Crippen molar-refractivity contribution < 1.29 is 4.74 Å². The number of ether oxygens (including phenoxy) is 1. The molecule has 1 aliphatic rings. The molecule has 0 saturated heterocycles. The molecule has 0 amide bonds. The first-order valence-electron chi connectivity index (χ1n) is 2.27. The average molecular weight is 210 g/mol. The monoisotopic (exact) mass is 210 g/mol. The highest BCUT2D eigenvalue weighted by Gasteiger charge is 2.04. The minimum atomic E-state index is 0.403. The van der Waals surface area contributed by atoms with Crippen LogP contribution in [0.5, 0.6) is 0 Å². The van der Waals surface area contributed by atoms with Crippen molar-refractivity contribution in [3.63, 3.8) is 0 Å². The lowest BCUT2D eigenvalue weighted by molar-refractivity contribution is 0.147. The Labute approximate surface area is 56.9 Å². The average Bonchev–Trinajstić information content (AvgIpc) is 2.14. The van der Waals surface area contributed by atoms with Crippen LogP contribution in [0, 0.1) is 0 Å². The van der Waals surface area contributed by atoms with E-state index in [9.17, 15) is 0 Å². The molecular formula is C5H7IO. The maximum atomic E-state index is 5.18. The third-order valence-corrected chi connectivity index (χ3v) is 1.78. The van der Waals surface area contributed by atoms with Crippen molar-refractivity contribution in [2.75, 3.05) is 11.0 Å². The number of alkyl halides is 1. The van der Waals surface area contributed by atoms with Gasteiger partial charge in [0.15, 0.2) is 0 Å². The molecular weight excluding hydrogens is 203 g/mol. The van der Waals surface area contributed by atoms with Crippen LogP contribution in [-0.4, -0.2) is 17.1 Å². The van der Waals surface area contributed by atoms with Gasteiger partial charge in [0.1, 0.15) is 0 Å². The quantitative estimate of drug-likeness (QED) is 0.361.